The van der Waals surface area contributed by atoms with Crippen molar-refractivity contribution in [1.82, 2.24) is 0 Å². The molecule has 0 atom stereocenters. The van der Waals surface area contributed by atoms with E-state index >= 15 is 0 Å². The average Bonchev–Trinajstić information content (AvgIpc) is 2.35. The highest BCUT2D eigenvalue weighted by Crippen LogP contribution is 2.15. The number of hydrogen-bond acceptors (Lipinski definition) is 3. The smallest absolute Gasteiger partial charge is 0.311 e. The maximum atomic E-state index is 11.7. The van der Waals surface area contributed by atoms with Gasteiger partial charge in [-0.1, -0.05) is 25.1 Å². The largest absolute Gasteiger partial charge is 0.481 e. The number of aliphatic carboxylic acids is 1. The molecule has 92 valence electrons. The summed E-state index contributed by atoms with van der Waals surface area (Å²) in [5.74, 6) is -1.56. The van der Waals surface area contributed by atoms with Crippen LogP contribution in [-0.4, -0.2) is 16.9 Å². The predicted molar refractivity (Wildman–Crippen MR) is 66.7 cm³/mol. The highest BCUT2D eigenvalue weighted by Gasteiger charge is 2.12. The van der Waals surface area contributed by atoms with Crippen molar-refractivity contribution in [3.8, 4) is 6.07 Å². The van der Waals surface area contributed by atoms with Gasteiger partial charge in [-0.3, -0.25) is 9.59 Å². The molecule has 1 N–H and O–H groups in total. The third kappa shape index (κ3) is 3.56. The lowest BCUT2D eigenvalue weighted by Crippen LogP contribution is -2.08. The number of carboxylic acids is 1. The molecule has 1 rings (SSSR count). The summed E-state index contributed by atoms with van der Waals surface area (Å²) in [7, 11) is 0. The van der Waals surface area contributed by atoms with Crippen molar-refractivity contribution in [3.63, 3.8) is 0 Å². The van der Waals surface area contributed by atoms with Gasteiger partial charge in [-0.25, -0.2) is 0 Å². The summed E-state index contributed by atoms with van der Waals surface area (Å²) in [6.45, 7) is 1.78. The van der Waals surface area contributed by atoms with Gasteiger partial charge in [0.25, 0.3) is 0 Å². The van der Waals surface area contributed by atoms with Gasteiger partial charge >= 0.3 is 5.97 Å². The molecule has 18 heavy (non-hydrogen) atoms. The molecule has 0 fully saturated rings. The van der Waals surface area contributed by atoms with Crippen molar-refractivity contribution >= 4 is 17.8 Å². The van der Waals surface area contributed by atoms with E-state index in [-0.39, 0.29) is 0 Å². The Morgan fingerprint density at radius 2 is 2.06 bits per heavy atom. The Kier molecular flexibility index (Phi) is 4.82. The Morgan fingerprint density at radius 3 is 2.61 bits per heavy atom. The Bertz CT molecular complexity index is 538. The molecule has 0 radical (unpaired) electrons. The molecule has 0 saturated heterocycles. The van der Waals surface area contributed by atoms with Crippen molar-refractivity contribution in [2.75, 3.05) is 0 Å². The van der Waals surface area contributed by atoms with E-state index in [0.29, 0.717) is 23.1 Å². The molecule has 1 aromatic carbocycles. The number of carboxylic acid groups (broad SMARTS) is 1. The Hall–Kier alpha value is -2.41. The Labute approximate surface area is 105 Å². The summed E-state index contributed by atoms with van der Waals surface area (Å²) in [6.07, 6.45) is 1.50. The van der Waals surface area contributed by atoms with Crippen molar-refractivity contribution in [1.29, 1.82) is 5.26 Å². The van der Waals surface area contributed by atoms with E-state index in [1.807, 2.05) is 6.07 Å². The Morgan fingerprint density at radius 1 is 1.39 bits per heavy atom. The minimum atomic E-state index is -1.15. The lowest BCUT2D eigenvalue weighted by Gasteiger charge is -2.03. The molecule has 0 aliphatic carbocycles. The van der Waals surface area contributed by atoms with E-state index in [1.165, 1.54) is 0 Å². The minimum Gasteiger partial charge on any atom is -0.481 e. The zero-order chi connectivity index (χ0) is 13.5. The fraction of sp³-hybridized carbons (Fsp3) is 0.214. The SMILES string of the molecule is CCC(=Cc1ccccc1C#N)C(=O)CC(=O)O. The number of allylic oxidation sites excluding steroid dienone is 1. The van der Waals surface area contributed by atoms with Crippen LogP contribution in [0.1, 0.15) is 30.9 Å². The maximum absolute atomic E-state index is 11.7. The number of carbonyl (C=O) groups excluding carboxylic acids is 1. The zero-order valence-corrected chi connectivity index (χ0v) is 10.0. The van der Waals surface area contributed by atoms with Crippen LogP contribution < -0.4 is 0 Å². The molecule has 0 bridgehead atoms. The highest BCUT2D eigenvalue weighted by molar-refractivity contribution is 6.07. The van der Waals surface area contributed by atoms with Crippen LogP contribution in [0.2, 0.25) is 0 Å². The lowest BCUT2D eigenvalue weighted by molar-refractivity contribution is -0.139. The van der Waals surface area contributed by atoms with Crippen LogP contribution in [0.25, 0.3) is 6.08 Å². The van der Waals surface area contributed by atoms with Crippen LogP contribution in [-0.2, 0) is 9.59 Å². The van der Waals surface area contributed by atoms with Crippen LogP contribution >= 0.6 is 0 Å². The fourth-order valence-electron chi connectivity index (χ4n) is 1.54. The first-order valence-electron chi connectivity index (χ1n) is 5.53. The molecule has 0 heterocycles. The molecule has 0 aliphatic heterocycles. The Balaban J connectivity index is 3.08. The summed E-state index contributed by atoms with van der Waals surface area (Å²) in [5.41, 5.74) is 1.52. The first-order chi connectivity index (χ1) is 8.58. The molecule has 0 saturated carbocycles. The summed E-state index contributed by atoms with van der Waals surface area (Å²) in [5, 5.41) is 17.5. The quantitative estimate of drug-likeness (QED) is 0.636. The summed E-state index contributed by atoms with van der Waals surface area (Å²) < 4.78 is 0. The summed E-state index contributed by atoms with van der Waals surface area (Å²) >= 11 is 0. The second kappa shape index (κ2) is 6.36. The summed E-state index contributed by atoms with van der Waals surface area (Å²) in [6, 6.07) is 8.91. The number of rotatable bonds is 5. The van der Waals surface area contributed by atoms with Gasteiger partial charge in [-0.15, -0.1) is 0 Å². The zero-order valence-electron chi connectivity index (χ0n) is 10.0. The number of ketones is 1. The van der Waals surface area contributed by atoms with E-state index in [9.17, 15) is 9.59 Å². The third-order valence-corrected chi connectivity index (χ3v) is 2.46. The molecule has 0 aromatic heterocycles. The topological polar surface area (TPSA) is 78.2 Å². The van der Waals surface area contributed by atoms with E-state index in [4.69, 9.17) is 10.4 Å². The van der Waals surface area contributed by atoms with Crippen molar-refractivity contribution < 1.29 is 14.7 Å². The van der Waals surface area contributed by atoms with Crippen molar-refractivity contribution in [2.24, 2.45) is 0 Å². The molecule has 0 unspecified atom stereocenters. The molecule has 4 nitrogen and oxygen atoms in total. The van der Waals surface area contributed by atoms with Gasteiger partial charge < -0.3 is 5.11 Å². The fourth-order valence-corrected chi connectivity index (χ4v) is 1.54. The second-order valence-electron chi connectivity index (χ2n) is 3.72. The van der Waals surface area contributed by atoms with E-state index in [2.05, 4.69) is 0 Å². The molecule has 0 spiro atoms. The van der Waals surface area contributed by atoms with Gasteiger partial charge in [0.1, 0.15) is 6.42 Å². The predicted octanol–water partition coefficient (Wildman–Crippen LogP) is 2.40. The first-order valence-corrected chi connectivity index (χ1v) is 5.53. The van der Waals surface area contributed by atoms with Gasteiger partial charge in [0.05, 0.1) is 11.6 Å². The van der Waals surface area contributed by atoms with Crippen LogP contribution in [0.3, 0.4) is 0 Å². The van der Waals surface area contributed by atoms with Crippen LogP contribution in [0.4, 0.5) is 0 Å². The van der Waals surface area contributed by atoms with Crippen LogP contribution in [0.15, 0.2) is 29.8 Å². The molecule has 0 aliphatic rings. The molecule has 4 heteroatoms. The van der Waals surface area contributed by atoms with Gasteiger partial charge in [-0.2, -0.15) is 5.26 Å². The average molecular weight is 243 g/mol. The van der Waals surface area contributed by atoms with Gasteiger partial charge in [0.2, 0.25) is 0 Å². The third-order valence-electron chi connectivity index (χ3n) is 2.46. The number of carbonyl (C=O) groups is 2. The van der Waals surface area contributed by atoms with Gasteiger partial charge in [-0.05, 0) is 29.7 Å². The molecule has 0 amide bonds. The van der Waals surface area contributed by atoms with E-state index in [1.54, 1.807) is 37.3 Å². The van der Waals surface area contributed by atoms with E-state index in [0.717, 1.165) is 0 Å². The van der Waals surface area contributed by atoms with Gasteiger partial charge in [0.15, 0.2) is 5.78 Å². The number of nitriles is 1. The van der Waals surface area contributed by atoms with E-state index < -0.39 is 18.2 Å². The number of Topliss-reactive ketones (excluding diaryl/α,β-unsaturated/α-hetero) is 1. The van der Waals surface area contributed by atoms with Crippen LogP contribution in [0.5, 0.6) is 0 Å². The monoisotopic (exact) mass is 243 g/mol. The molecular weight excluding hydrogens is 230 g/mol. The normalized spacial score (nSPS) is 10.8. The minimum absolute atomic E-state index is 0.417. The summed E-state index contributed by atoms with van der Waals surface area (Å²) in [4.78, 5) is 22.2. The molecular formula is C14H13NO3. The number of benzene rings is 1. The number of nitrogens with zero attached hydrogens (tertiary/aromatic N) is 1. The van der Waals surface area contributed by atoms with Crippen molar-refractivity contribution in [3.05, 3.63) is 41.0 Å². The van der Waals surface area contributed by atoms with Crippen molar-refractivity contribution in [2.45, 2.75) is 19.8 Å². The van der Waals surface area contributed by atoms with Gasteiger partial charge in [0, 0.05) is 0 Å². The highest BCUT2D eigenvalue weighted by atomic mass is 16.4. The second-order valence-corrected chi connectivity index (χ2v) is 3.72. The number of hydrogen-bond donors (Lipinski definition) is 1. The lowest BCUT2D eigenvalue weighted by atomic mass is 10.00. The standard InChI is InChI=1S/C14H13NO3/c1-2-10(13(16)8-14(17)18)7-11-5-3-4-6-12(11)9-15/h3-7H,2,8H2,1H3,(H,17,18). The first kappa shape index (κ1) is 13.7. The molecule has 1 aromatic rings. The van der Waals surface area contributed by atoms with Crippen LogP contribution in [0, 0.1) is 11.3 Å². The maximum Gasteiger partial charge on any atom is 0.311 e.